The molecule has 0 bridgehead atoms. The molecule has 1 atom stereocenters. The molecule has 2 rings (SSSR count). The van der Waals surface area contributed by atoms with E-state index in [9.17, 15) is 0 Å². The number of benzene rings is 2. The maximum Gasteiger partial charge on any atom is 0.0266 e. The summed E-state index contributed by atoms with van der Waals surface area (Å²) in [7, 11) is 0. The lowest BCUT2D eigenvalue weighted by molar-refractivity contribution is 0.812. The minimum absolute atomic E-state index is 0.0775. The van der Waals surface area contributed by atoms with Crippen LogP contribution in [0.25, 0.3) is 11.1 Å². The van der Waals surface area contributed by atoms with E-state index >= 15 is 0 Å². The molecule has 0 spiro atoms. The Hall–Kier alpha value is -1.60. The second kappa shape index (κ2) is 5.36. The van der Waals surface area contributed by atoms with Crippen LogP contribution in [0.1, 0.15) is 43.9 Å². The first-order valence-corrected chi connectivity index (χ1v) is 6.54. The Kier molecular flexibility index (Phi) is 3.83. The largest absolute Gasteiger partial charge is 0.324 e. The van der Waals surface area contributed by atoms with Gasteiger partial charge in [0.25, 0.3) is 0 Å². The van der Waals surface area contributed by atoms with Gasteiger partial charge in [-0.2, -0.15) is 0 Å². The summed E-state index contributed by atoms with van der Waals surface area (Å²) in [5.74, 6) is 0.516. The average Bonchev–Trinajstić information content (AvgIpc) is 2.39. The molecule has 2 aromatic carbocycles. The fraction of sp³-hybridized carbons (Fsp3) is 0.294. The SMILES string of the molecule is CC(C)c1ccc(C(C)N)cc1-c1ccccc1. The fourth-order valence-electron chi connectivity index (χ4n) is 2.23. The minimum atomic E-state index is 0.0775. The highest BCUT2D eigenvalue weighted by Crippen LogP contribution is 2.31. The second-order valence-corrected chi connectivity index (χ2v) is 5.16. The van der Waals surface area contributed by atoms with Gasteiger partial charge in [-0.05, 0) is 41.2 Å². The molecule has 0 fully saturated rings. The van der Waals surface area contributed by atoms with Crippen molar-refractivity contribution in [3.05, 3.63) is 59.7 Å². The van der Waals surface area contributed by atoms with Crippen molar-refractivity contribution >= 4 is 0 Å². The van der Waals surface area contributed by atoms with E-state index in [2.05, 4.69) is 56.3 Å². The molecule has 0 saturated carbocycles. The molecule has 18 heavy (non-hydrogen) atoms. The van der Waals surface area contributed by atoms with E-state index in [1.54, 1.807) is 0 Å². The van der Waals surface area contributed by atoms with Crippen LogP contribution < -0.4 is 5.73 Å². The molecule has 0 heterocycles. The van der Waals surface area contributed by atoms with E-state index in [-0.39, 0.29) is 6.04 Å². The topological polar surface area (TPSA) is 26.0 Å². The molecule has 1 heteroatoms. The van der Waals surface area contributed by atoms with E-state index in [4.69, 9.17) is 5.73 Å². The van der Waals surface area contributed by atoms with Crippen LogP contribution in [0.5, 0.6) is 0 Å². The fourth-order valence-corrected chi connectivity index (χ4v) is 2.23. The molecule has 2 N–H and O–H groups in total. The highest BCUT2D eigenvalue weighted by molar-refractivity contribution is 5.69. The van der Waals surface area contributed by atoms with E-state index in [0.29, 0.717) is 5.92 Å². The van der Waals surface area contributed by atoms with Gasteiger partial charge >= 0.3 is 0 Å². The monoisotopic (exact) mass is 239 g/mol. The van der Waals surface area contributed by atoms with Crippen molar-refractivity contribution in [3.63, 3.8) is 0 Å². The van der Waals surface area contributed by atoms with Gasteiger partial charge in [-0.15, -0.1) is 0 Å². The number of hydrogen-bond acceptors (Lipinski definition) is 1. The number of nitrogens with two attached hydrogens (primary N) is 1. The van der Waals surface area contributed by atoms with Crippen molar-refractivity contribution in [2.24, 2.45) is 5.73 Å². The van der Waals surface area contributed by atoms with E-state index in [0.717, 1.165) is 0 Å². The molecule has 1 unspecified atom stereocenters. The quantitative estimate of drug-likeness (QED) is 0.838. The lowest BCUT2D eigenvalue weighted by Crippen LogP contribution is -2.06. The van der Waals surface area contributed by atoms with Crippen molar-refractivity contribution in [1.29, 1.82) is 0 Å². The zero-order chi connectivity index (χ0) is 13.1. The van der Waals surface area contributed by atoms with Crippen LogP contribution in [0.4, 0.5) is 0 Å². The molecule has 0 saturated heterocycles. The third kappa shape index (κ3) is 2.62. The predicted octanol–water partition coefficient (Wildman–Crippen LogP) is 4.50. The van der Waals surface area contributed by atoms with Crippen LogP contribution in [0.15, 0.2) is 48.5 Å². The zero-order valence-electron chi connectivity index (χ0n) is 11.4. The van der Waals surface area contributed by atoms with Crippen molar-refractivity contribution in [2.75, 3.05) is 0 Å². The smallest absolute Gasteiger partial charge is 0.0266 e. The van der Waals surface area contributed by atoms with Crippen LogP contribution in [0.3, 0.4) is 0 Å². The Morgan fingerprint density at radius 1 is 0.889 bits per heavy atom. The first kappa shape index (κ1) is 12.8. The van der Waals surface area contributed by atoms with Crippen molar-refractivity contribution in [1.82, 2.24) is 0 Å². The van der Waals surface area contributed by atoms with Gasteiger partial charge in [0.2, 0.25) is 0 Å². The summed E-state index contributed by atoms with van der Waals surface area (Å²) < 4.78 is 0. The summed E-state index contributed by atoms with van der Waals surface area (Å²) in [6.45, 7) is 6.49. The molecule has 0 aliphatic heterocycles. The normalized spacial score (nSPS) is 12.7. The van der Waals surface area contributed by atoms with E-state index < -0.39 is 0 Å². The molecule has 0 aliphatic rings. The molecule has 0 radical (unpaired) electrons. The average molecular weight is 239 g/mol. The van der Waals surface area contributed by atoms with Gasteiger partial charge < -0.3 is 5.73 Å². The predicted molar refractivity (Wildman–Crippen MR) is 78.6 cm³/mol. The lowest BCUT2D eigenvalue weighted by Gasteiger charge is -2.16. The first-order valence-electron chi connectivity index (χ1n) is 6.54. The van der Waals surface area contributed by atoms with Crippen molar-refractivity contribution < 1.29 is 0 Å². The molecule has 0 amide bonds. The van der Waals surface area contributed by atoms with E-state index in [1.807, 2.05) is 13.0 Å². The maximum absolute atomic E-state index is 5.99. The van der Waals surface area contributed by atoms with Gasteiger partial charge in [0.1, 0.15) is 0 Å². The molecule has 1 nitrogen and oxygen atoms in total. The third-order valence-corrected chi connectivity index (χ3v) is 3.31. The lowest BCUT2D eigenvalue weighted by atomic mass is 9.90. The summed E-state index contributed by atoms with van der Waals surface area (Å²) in [5.41, 5.74) is 11.1. The van der Waals surface area contributed by atoms with Crippen molar-refractivity contribution in [3.8, 4) is 11.1 Å². The third-order valence-electron chi connectivity index (χ3n) is 3.31. The van der Waals surface area contributed by atoms with E-state index in [1.165, 1.54) is 22.3 Å². The van der Waals surface area contributed by atoms with Gasteiger partial charge in [0.15, 0.2) is 0 Å². The summed E-state index contributed by atoms with van der Waals surface area (Å²) in [6.07, 6.45) is 0. The summed E-state index contributed by atoms with van der Waals surface area (Å²) >= 11 is 0. The molecule has 0 aliphatic carbocycles. The second-order valence-electron chi connectivity index (χ2n) is 5.16. The summed E-state index contributed by atoms with van der Waals surface area (Å²) in [5, 5.41) is 0. The molecular formula is C17H21N. The molecule has 2 aromatic rings. The molecule has 0 aromatic heterocycles. The summed E-state index contributed by atoms with van der Waals surface area (Å²) in [4.78, 5) is 0. The Morgan fingerprint density at radius 2 is 1.56 bits per heavy atom. The number of rotatable bonds is 3. The van der Waals surface area contributed by atoms with Gasteiger partial charge in [0.05, 0.1) is 0 Å². The Balaban J connectivity index is 2.58. The van der Waals surface area contributed by atoms with Gasteiger partial charge in [-0.1, -0.05) is 56.3 Å². The van der Waals surface area contributed by atoms with Crippen LogP contribution in [-0.4, -0.2) is 0 Å². The van der Waals surface area contributed by atoms with Gasteiger partial charge in [0, 0.05) is 6.04 Å². The van der Waals surface area contributed by atoms with Crippen molar-refractivity contribution in [2.45, 2.75) is 32.7 Å². The maximum atomic E-state index is 5.99. The first-order chi connectivity index (χ1) is 8.59. The van der Waals surface area contributed by atoms with Crippen LogP contribution in [0.2, 0.25) is 0 Å². The number of hydrogen-bond donors (Lipinski definition) is 1. The zero-order valence-corrected chi connectivity index (χ0v) is 11.4. The molecule has 94 valence electrons. The minimum Gasteiger partial charge on any atom is -0.324 e. The van der Waals surface area contributed by atoms with Gasteiger partial charge in [-0.3, -0.25) is 0 Å². The standard InChI is InChI=1S/C17H21N/c1-12(2)16-10-9-15(13(3)18)11-17(16)14-7-5-4-6-8-14/h4-13H,18H2,1-3H3. The highest BCUT2D eigenvalue weighted by Gasteiger charge is 2.10. The summed E-state index contributed by atoms with van der Waals surface area (Å²) in [6, 6.07) is 17.2. The Morgan fingerprint density at radius 3 is 2.11 bits per heavy atom. The highest BCUT2D eigenvalue weighted by atomic mass is 14.6. The van der Waals surface area contributed by atoms with Crippen LogP contribution in [-0.2, 0) is 0 Å². The Bertz CT molecular complexity index is 512. The van der Waals surface area contributed by atoms with Crippen LogP contribution in [0, 0.1) is 0 Å². The Labute approximate surface area is 110 Å². The van der Waals surface area contributed by atoms with Gasteiger partial charge in [-0.25, -0.2) is 0 Å². The van der Waals surface area contributed by atoms with Crippen LogP contribution >= 0.6 is 0 Å². The molecular weight excluding hydrogens is 218 g/mol.